The van der Waals surface area contributed by atoms with E-state index in [1.54, 1.807) is 10.9 Å². The number of hydrogen-bond acceptors (Lipinski definition) is 4. The lowest BCUT2D eigenvalue weighted by atomic mass is 10.0. The molecule has 1 atom stereocenters. The average molecular weight is 417 g/mol. The van der Waals surface area contributed by atoms with Gasteiger partial charge in [-0.15, -0.1) is 0 Å². The van der Waals surface area contributed by atoms with Crippen molar-refractivity contribution in [2.75, 3.05) is 0 Å². The maximum absolute atomic E-state index is 12.7. The van der Waals surface area contributed by atoms with Crippen molar-refractivity contribution in [3.63, 3.8) is 0 Å². The fraction of sp³-hybridized carbons (Fsp3) is 0.333. The molecule has 3 heterocycles. The third-order valence-electron chi connectivity index (χ3n) is 5.42. The molecule has 1 unspecified atom stereocenters. The standard InChI is InChI=1S/C24H28N6O/c1-15-6-8-20(9-7-15)21-10-11-25-24-23(21)19(5)28-30(24)14-22(31)26-17(3)13-29-18(4)12-16(2)27-29/h6-12,17H,13-14H2,1-5H3,(H,26,31). The monoisotopic (exact) mass is 416 g/mol. The largest absolute Gasteiger partial charge is 0.350 e. The predicted molar refractivity (Wildman–Crippen MR) is 122 cm³/mol. The summed E-state index contributed by atoms with van der Waals surface area (Å²) in [5, 5.41) is 13.1. The van der Waals surface area contributed by atoms with Crippen LogP contribution in [0.2, 0.25) is 0 Å². The van der Waals surface area contributed by atoms with E-state index >= 15 is 0 Å². The summed E-state index contributed by atoms with van der Waals surface area (Å²) in [6.45, 7) is 10.7. The summed E-state index contributed by atoms with van der Waals surface area (Å²) < 4.78 is 3.61. The van der Waals surface area contributed by atoms with Crippen LogP contribution in [0.15, 0.2) is 42.6 Å². The number of nitrogens with one attached hydrogen (secondary N) is 1. The Labute approximate surface area is 182 Å². The van der Waals surface area contributed by atoms with E-state index in [-0.39, 0.29) is 18.5 Å². The van der Waals surface area contributed by atoms with Crippen LogP contribution in [0.1, 0.15) is 29.6 Å². The molecule has 0 aliphatic carbocycles. The van der Waals surface area contributed by atoms with Gasteiger partial charge in [0.25, 0.3) is 0 Å². The zero-order chi connectivity index (χ0) is 22.1. The van der Waals surface area contributed by atoms with Crippen molar-refractivity contribution in [1.82, 2.24) is 29.9 Å². The van der Waals surface area contributed by atoms with Gasteiger partial charge in [0, 0.05) is 23.3 Å². The van der Waals surface area contributed by atoms with E-state index in [0.29, 0.717) is 6.54 Å². The molecule has 1 amide bonds. The summed E-state index contributed by atoms with van der Waals surface area (Å²) in [6, 6.07) is 12.4. The van der Waals surface area contributed by atoms with Crippen molar-refractivity contribution in [1.29, 1.82) is 0 Å². The molecule has 160 valence electrons. The number of carbonyl (C=O) groups is 1. The Bertz CT molecular complexity index is 1240. The van der Waals surface area contributed by atoms with Crippen molar-refractivity contribution < 1.29 is 4.79 Å². The maximum Gasteiger partial charge on any atom is 0.242 e. The molecular formula is C24H28N6O. The lowest BCUT2D eigenvalue weighted by molar-refractivity contribution is -0.122. The topological polar surface area (TPSA) is 77.6 Å². The van der Waals surface area contributed by atoms with Gasteiger partial charge < -0.3 is 5.32 Å². The Morgan fingerprint density at radius 1 is 1.03 bits per heavy atom. The van der Waals surface area contributed by atoms with Crippen LogP contribution in [-0.2, 0) is 17.9 Å². The molecule has 0 aliphatic rings. The highest BCUT2D eigenvalue weighted by atomic mass is 16.2. The van der Waals surface area contributed by atoms with Crippen molar-refractivity contribution in [2.45, 2.75) is 53.8 Å². The first-order valence-electron chi connectivity index (χ1n) is 10.5. The summed E-state index contributed by atoms with van der Waals surface area (Å²) in [4.78, 5) is 17.2. The highest BCUT2D eigenvalue weighted by Crippen LogP contribution is 2.29. The van der Waals surface area contributed by atoms with Gasteiger partial charge in [0.2, 0.25) is 5.91 Å². The zero-order valence-corrected chi connectivity index (χ0v) is 18.7. The SMILES string of the molecule is Cc1ccc(-c2ccnc3c2c(C)nn3CC(=O)NC(C)Cn2nc(C)cc2C)cc1. The normalized spacial score (nSPS) is 12.3. The van der Waals surface area contributed by atoms with Gasteiger partial charge in [-0.1, -0.05) is 29.8 Å². The van der Waals surface area contributed by atoms with E-state index in [1.165, 1.54) is 5.56 Å². The second-order valence-corrected chi connectivity index (χ2v) is 8.24. The van der Waals surface area contributed by atoms with Gasteiger partial charge in [0.05, 0.1) is 17.9 Å². The number of carbonyl (C=O) groups excluding carboxylic acids is 1. The van der Waals surface area contributed by atoms with E-state index in [9.17, 15) is 4.79 Å². The molecule has 0 bridgehead atoms. The fourth-order valence-electron chi connectivity index (χ4n) is 3.99. The number of hydrogen-bond donors (Lipinski definition) is 1. The third-order valence-corrected chi connectivity index (χ3v) is 5.42. The molecule has 0 fully saturated rings. The minimum absolute atomic E-state index is 0.0514. The van der Waals surface area contributed by atoms with Gasteiger partial charge in [-0.2, -0.15) is 10.2 Å². The van der Waals surface area contributed by atoms with Crippen LogP contribution < -0.4 is 5.32 Å². The number of pyridine rings is 1. The van der Waals surface area contributed by atoms with E-state index in [0.717, 1.165) is 39.2 Å². The van der Waals surface area contributed by atoms with Crippen LogP contribution in [0.3, 0.4) is 0 Å². The number of benzene rings is 1. The minimum Gasteiger partial charge on any atom is -0.350 e. The van der Waals surface area contributed by atoms with Crippen LogP contribution in [0.4, 0.5) is 0 Å². The quantitative estimate of drug-likeness (QED) is 0.519. The molecule has 7 nitrogen and oxygen atoms in total. The average Bonchev–Trinajstić information content (AvgIpc) is 3.20. The molecule has 0 spiro atoms. The van der Waals surface area contributed by atoms with Crippen molar-refractivity contribution in [3.8, 4) is 11.1 Å². The van der Waals surface area contributed by atoms with Crippen molar-refractivity contribution in [2.24, 2.45) is 0 Å². The van der Waals surface area contributed by atoms with Gasteiger partial charge in [0.15, 0.2) is 5.65 Å². The van der Waals surface area contributed by atoms with E-state index in [1.807, 2.05) is 44.5 Å². The smallest absolute Gasteiger partial charge is 0.242 e. The summed E-state index contributed by atoms with van der Waals surface area (Å²) in [5.41, 5.74) is 7.05. The van der Waals surface area contributed by atoms with Crippen LogP contribution in [0.5, 0.6) is 0 Å². The Morgan fingerprint density at radius 3 is 2.45 bits per heavy atom. The Balaban J connectivity index is 1.53. The predicted octanol–water partition coefficient (Wildman–Crippen LogP) is 3.73. The van der Waals surface area contributed by atoms with Gasteiger partial charge >= 0.3 is 0 Å². The van der Waals surface area contributed by atoms with Crippen LogP contribution in [0.25, 0.3) is 22.2 Å². The first-order valence-corrected chi connectivity index (χ1v) is 10.5. The van der Waals surface area contributed by atoms with Crippen LogP contribution >= 0.6 is 0 Å². The number of rotatable bonds is 6. The molecule has 4 rings (SSSR count). The number of aromatic nitrogens is 5. The number of fused-ring (bicyclic) bond motifs is 1. The molecule has 7 heteroatoms. The van der Waals surface area contributed by atoms with Gasteiger partial charge in [0.1, 0.15) is 6.54 Å². The molecule has 3 aromatic heterocycles. The lowest BCUT2D eigenvalue weighted by Gasteiger charge is -2.15. The van der Waals surface area contributed by atoms with Gasteiger partial charge in [-0.25, -0.2) is 9.67 Å². The Morgan fingerprint density at radius 2 is 1.77 bits per heavy atom. The highest BCUT2D eigenvalue weighted by Gasteiger charge is 2.17. The molecule has 0 radical (unpaired) electrons. The van der Waals surface area contributed by atoms with E-state index < -0.39 is 0 Å². The third kappa shape index (κ3) is 4.35. The van der Waals surface area contributed by atoms with Crippen molar-refractivity contribution in [3.05, 3.63) is 65.2 Å². The molecular weight excluding hydrogens is 388 g/mol. The molecule has 0 aliphatic heterocycles. The van der Waals surface area contributed by atoms with Crippen LogP contribution in [-0.4, -0.2) is 36.5 Å². The molecule has 4 aromatic rings. The molecule has 0 saturated heterocycles. The summed E-state index contributed by atoms with van der Waals surface area (Å²) in [5.74, 6) is -0.0963. The summed E-state index contributed by atoms with van der Waals surface area (Å²) >= 11 is 0. The van der Waals surface area contributed by atoms with Gasteiger partial charge in [-0.3, -0.25) is 9.48 Å². The van der Waals surface area contributed by atoms with Crippen LogP contribution in [0, 0.1) is 27.7 Å². The first kappa shape index (κ1) is 20.8. The van der Waals surface area contributed by atoms with E-state index in [2.05, 4.69) is 51.7 Å². The number of nitrogens with zero attached hydrogens (tertiary/aromatic N) is 5. The lowest BCUT2D eigenvalue weighted by Crippen LogP contribution is -2.38. The van der Waals surface area contributed by atoms with E-state index in [4.69, 9.17) is 0 Å². The Hall–Kier alpha value is -3.48. The second-order valence-electron chi connectivity index (χ2n) is 8.24. The zero-order valence-electron chi connectivity index (χ0n) is 18.7. The van der Waals surface area contributed by atoms with Crippen molar-refractivity contribution >= 4 is 16.9 Å². The molecule has 1 N–H and O–H groups in total. The molecule has 1 aromatic carbocycles. The summed E-state index contributed by atoms with van der Waals surface area (Å²) in [7, 11) is 0. The number of amides is 1. The maximum atomic E-state index is 12.7. The molecule has 31 heavy (non-hydrogen) atoms. The molecule has 0 saturated carbocycles. The summed E-state index contributed by atoms with van der Waals surface area (Å²) in [6.07, 6.45) is 1.78. The highest BCUT2D eigenvalue weighted by molar-refractivity contribution is 5.95. The van der Waals surface area contributed by atoms with Gasteiger partial charge in [-0.05, 0) is 57.9 Å². The number of aryl methyl sites for hydroxylation is 4. The minimum atomic E-state index is -0.0963. The Kier molecular flexibility index (Phi) is 5.59. The second kappa shape index (κ2) is 8.34. The first-order chi connectivity index (χ1) is 14.8. The fourth-order valence-corrected chi connectivity index (χ4v) is 3.99.